The minimum atomic E-state index is 0.674. The summed E-state index contributed by atoms with van der Waals surface area (Å²) in [5.41, 5.74) is 0. The molecular weight excluding hydrogens is 228 g/mol. The van der Waals surface area contributed by atoms with Crippen molar-refractivity contribution in [2.75, 3.05) is 31.6 Å². The first kappa shape index (κ1) is 15.3. The number of rotatable bonds is 7. The van der Waals surface area contributed by atoms with E-state index in [1.807, 2.05) is 0 Å². The lowest BCUT2D eigenvalue weighted by molar-refractivity contribution is 0.174. The Morgan fingerprint density at radius 1 is 1.35 bits per heavy atom. The highest BCUT2D eigenvalue weighted by Crippen LogP contribution is 2.23. The highest BCUT2D eigenvalue weighted by atomic mass is 32.2. The SMILES string of the molecule is CCCNC(C(C)CCC)C1CSCCN1C. The van der Waals surface area contributed by atoms with E-state index < -0.39 is 0 Å². The van der Waals surface area contributed by atoms with Gasteiger partial charge in [-0.1, -0.05) is 27.2 Å². The smallest absolute Gasteiger partial charge is 0.0339 e. The van der Waals surface area contributed by atoms with E-state index in [0.29, 0.717) is 6.04 Å². The van der Waals surface area contributed by atoms with Crippen LogP contribution in [-0.2, 0) is 0 Å². The minimum Gasteiger partial charge on any atom is -0.312 e. The molecule has 3 atom stereocenters. The molecular formula is C14H30N2S. The second-order valence-corrected chi connectivity index (χ2v) is 6.52. The second kappa shape index (κ2) is 8.39. The quantitative estimate of drug-likeness (QED) is 0.756. The molecule has 0 radical (unpaired) electrons. The monoisotopic (exact) mass is 258 g/mol. The normalized spacial score (nSPS) is 25.8. The van der Waals surface area contributed by atoms with Crippen LogP contribution in [-0.4, -0.2) is 48.6 Å². The number of likely N-dealkylation sites (N-methyl/N-ethyl adjacent to an activating group) is 1. The van der Waals surface area contributed by atoms with E-state index in [2.05, 4.69) is 49.8 Å². The third-order valence-corrected chi connectivity index (χ3v) is 4.89. The Balaban J connectivity index is 2.58. The third kappa shape index (κ3) is 4.80. The van der Waals surface area contributed by atoms with Crippen LogP contribution in [0.3, 0.4) is 0 Å². The van der Waals surface area contributed by atoms with E-state index in [-0.39, 0.29) is 0 Å². The maximum Gasteiger partial charge on any atom is 0.0339 e. The fraction of sp³-hybridized carbons (Fsp3) is 1.00. The first-order valence-corrected chi connectivity index (χ1v) is 8.37. The van der Waals surface area contributed by atoms with E-state index >= 15 is 0 Å². The van der Waals surface area contributed by atoms with Gasteiger partial charge in [0.15, 0.2) is 0 Å². The summed E-state index contributed by atoms with van der Waals surface area (Å²) in [6.07, 6.45) is 3.88. The molecule has 0 aliphatic carbocycles. The molecule has 0 saturated carbocycles. The Morgan fingerprint density at radius 3 is 2.71 bits per heavy atom. The second-order valence-electron chi connectivity index (χ2n) is 5.37. The fourth-order valence-corrected chi connectivity index (χ4v) is 4.03. The molecule has 0 bridgehead atoms. The van der Waals surface area contributed by atoms with Crippen molar-refractivity contribution in [3.05, 3.63) is 0 Å². The zero-order chi connectivity index (χ0) is 12.7. The molecule has 1 rings (SSSR count). The van der Waals surface area contributed by atoms with Gasteiger partial charge < -0.3 is 10.2 Å². The Hall–Kier alpha value is 0.270. The van der Waals surface area contributed by atoms with Crippen molar-refractivity contribution in [3.8, 4) is 0 Å². The van der Waals surface area contributed by atoms with E-state index in [4.69, 9.17) is 0 Å². The van der Waals surface area contributed by atoms with Crippen molar-refractivity contribution in [1.29, 1.82) is 0 Å². The molecule has 0 aromatic carbocycles. The van der Waals surface area contributed by atoms with Crippen LogP contribution in [0.25, 0.3) is 0 Å². The summed E-state index contributed by atoms with van der Waals surface area (Å²) in [7, 11) is 2.30. The molecule has 1 aliphatic heterocycles. The van der Waals surface area contributed by atoms with Gasteiger partial charge in [-0.3, -0.25) is 0 Å². The van der Waals surface area contributed by atoms with Gasteiger partial charge in [0.05, 0.1) is 0 Å². The van der Waals surface area contributed by atoms with Crippen LogP contribution < -0.4 is 5.32 Å². The lowest BCUT2D eigenvalue weighted by Gasteiger charge is -2.41. The topological polar surface area (TPSA) is 15.3 Å². The molecule has 0 amide bonds. The van der Waals surface area contributed by atoms with Crippen molar-refractivity contribution in [1.82, 2.24) is 10.2 Å². The van der Waals surface area contributed by atoms with E-state index in [0.717, 1.165) is 18.5 Å². The predicted molar refractivity (Wildman–Crippen MR) is 79.9 cm³/mol. The van der Waals surface area contributed by atoms with Gasteiger partial charge in [0, 0.05) is 30.1 Å². The van der Waals surface area contributed by atoms with Gasteiger partial charge in [-0.2, -0.15) is 11.8 Å². The van der Waals surface area contributed by atoms with Crippen LogP contribution in [0.4, 0.5) is 0 Å². The summed E-state index contributed by atoms with van der Waals surface area (Å²) in [6.45, 7) is 9.39. The summed E-state index contributed by atoms with van der Waals surface area (Å²) in [4.78, 5) is 2.57. The highest BCUT2D eigenvalue weighted by molar-refractivity contribution is 7.99. The lowest BCUT2D eigenvalue weighted by atomic mass is 9.91. The van der Waals surface area contributed by atoms with Crippen LogP contribution >= 0.6 is 11.8 Å². The minimum absolute atomic E-state index is 0.674. The maximum atomic E-state index is 3.80. The molecule has 3 heteroatoms. The van der Waals surface area contributed by atoms with Crippen molar-refractivity contribution in [2.24, 2.45) is 5.92 Å². The zero-order valence-electron chi connectivity index (χ0n) is 12.0. The van der Waals surface area contributed by atoms with Gasteiger partial charge in [0.1, 0.15) is 0 Å². The van der Waals surface area contributed by atoms with Crippen LogP contribution in [0.15, 0.2) is 0 Å². The third-order valence-electron chi connectivity index (χ3n) is 3.84. The zero-order valence-corrected chi connectivity index (χ0v) is 12.9. The fourth-order valence-electron chi connectivity index (χ4n) is 2.75. The van der Waals surface area contributed by atoms with E-state index in [1.165, 1.54) is 37.3 Å². The number of thioether (sulfide) groups is 1. The Bertz CT molecular complexity index is 199. The standard InChI is InChI=1S/C14H30N2S/c1-5-7-12(3)14(15-8-6-2)13-11-17-10-9-16(13)4/h12-15H,5-11H2,1-4H3. The predicted octanol–water partition coefficient (Wildman–Crippen LogP) is 2.84. The lowest BCUT2D eigenvalue weighted by Crippen LogP contribution is -2.55. The Morgan fingerprint density at radius 2 is 2.12 bits per heavy atom. The number of nitrogens with zero attached hydrogens (tertiary/aromatic N) is 1. The molecule has 0 aromatic heterocycles. The summed E-state index contributed by atoms with van der Waals surface area (Å²) in [5, 5.41) is 3.80. The van der Waals surface area contributed by atoms with Gasteiger partial charge >= 0.3 is 0 Å². The average Bonchev–Trinajstić information content (AvgIpc) is 2.32. The summed E-state index contributed by atoms with van der Waals surface area (Å²) >= 11 is 2.12. The molecule has 0 spiro atoms. The first-order valence-electron chi connectivity index (χ1n) is 7.22. The molecule has 1 heterocycles. The Labute approximate surface area is 112 Å². The molecule has 3 unspecified atom stereocenters. The number of nitrogens with one attached hydrogen (secondary N) is 1. The molecule has 2 nitrogen and oxygen atoms in total. The van der Waals surface area contributed by atoms with Crippen LogP contribution in [0.1, 0.15) is 40.0 Å². The molecule has 1 aliphatic rings. The van der Waals surface area contributed by atoms with Gasteiger partial charge in [-0.25, -0.2) is 0 Å². The molecule has 17 heavy (non-hydrogen) atoms. The Kier molecular flexibility index (Phi) is 7.56. The molecule has 0 aromatic rings. The van der Waals surface area contributed by atoms with Gasteiger partial charge in [-0.15, -0.1) is 0 Å². The van der Waals surface area contributed by atoms with Crippen molar-refractivity contribution < 1.29 is 0 Å². The first-order chi connectivity index (χ1) is 8.20. The van der Waals surface area contributed by atoms with Gasteiger partial charge in [-0.05, 0) is 32.4 Å². The van der Waals surface area contributed by atoms with Crippen molar-refractivity contribution >= 4 is 11.8 Å². The van der Waals surface area contributed by atoms with E-state index in [1.54, 1.807) is 0 Å². The molecule has 1 fully saturated rings. The van der Waals surface area contributed by atoms with Gasteiger partial charge in [0.2, 0.25) is 0 Å². The molecule has 102 valence electrons. The molecule has 1 N–H and O–H groups in total. The molecule has 1 saturated heterocycles. The van der Waals surface area contributed by atoms with Crippen molar-refractivity contribution in [2.45, 2.75) is 52.1 Å². The highest BCUT2D eigenvalue weighted by Gasteiger charge is 2.30. The summed E-state index contributed by atoms with van der Waals surface area (Å²) in [6, 6.07) is 1.40. The van der Waals surface area contributed by atoms with Gasteiger partial charge in [0.25, 0.3) is 0 Å². The summed E-state index contributed by atoms with van der Waals surface area (Å²) in [5.74, 6) is 3.39. The van der Waals surface area contributed by atoms with E-state index in [9.17, 15) is 0 Å². The summed E-state index contributed by atoms with van der Waals surface area (Å²) < 4.78 is 0. The number of hydrogen-bond acceptors (Lipinski definition) is 3. The largest absolute Gasteiger partial charge is 0.312 e. The maximum absolute atomic E-state index is 3.80. The van der Waals surface area contributed by atoms with Crippen LogP contribution in [0.2, 0.25) is 0 Å². The van der Waals surface area contributed by atoms with Crippen LogP contribution in [0, 0.1) is 5.92 Å². The van der Waals surface area contributed by atoms with Crippen molar-refractivity contribution in [3.63, 3.8) is 0 Å². The number of hydrogen-bond donors (Lipinski definition) is 1. The van der Waals surface area contributed by atoms with Crippen LogP contribution in [0.5, 0.6) is 0 Å². The average molecular weight is 258 g/mol.